The van der Waals surface area contributed by atoms with Gasteiger partial charge in [0.05, 0.1) is 48.0 Å². The van der Waals surface area contributed by atoms with E-state index < -0.39 is 29.2 Å². The van der Waals surface area contributed by atoms with Crippen molar-refractivity contribution in [3.63, 3.8) is 0 Å². The lowest BCUT2D eigenvalue weighted by molar-refractivity contribution is -0.274. The SMILES string of the molecule is CC(=O)N1CCC(n2ncc3c(=O)[nH]c(CC4CCCC4)nc32)CC1.CC(=O)N1CCC(n2ncc3c(=O)[nH]c(Cc4ccccc4OC(F)(F)F)nc32)CC1.CC(C)Cc1nc2c(cnn2C2CCCCO2)c(=O)[nH]1.O=C1CC(CC2CCCCC2)=Nc2c1ccn2C1CCOCC1.O=c1[nH]c(Cc2ccccc2C(F)(F)F)nc2c1cnn2C1CCCCO1. The molecule has 672 valence electrons. The van der Waals surface area contributed by atoms with Crippen LogP contribution in [0.25, 0.3) is 44.1 Å². The van der Waals surface area contributed by atoms with Crippen molar-refractivity contribution in [2.75, 3.05) is 52.6 Å². The van der Waals surface area contributed by atoms with Crippen LogP contribution in [0.5, 0.6) is 5.75 Å². The van der Waals surface area contributed by atoms with Crippen molar-refractivity contribution < 1.29 is 59.7 Å². The number of halogens is 6. The zero-order valence-electron chi connectivity index (χ0n) is 71.4. The van der Waals surface area contributed by atoms with Gasteiger partial charge in [0.1, 0.15) is 56.4 Å². The fourth-order valence-corrected chi connectivity index (χ4v) is 18.3. The van der Waals surface area contributed by atoms with Crippen LogP contribution in [0.4, 0.5) is 32.2 Å². The van der Waals surface area contributed by atoms with Crippen LogP contribution in [-0.4, -0.2) is 176 Å². The van der Waals surface area contributed by atoms with Crippen molar-refractivity contribution in [1.29, 1.82) is 0 Å². The standard InChI is InChI=1S/C20H20F3N5O3.C19H26N2O2.C18H17F3N4O2.C18H25N5O2.C14H20N4O2/c1-12(29)27-8-6-14(7-9-27)28-18-15(11-24-28)19(30)26-17(25-18)10-13-4-2-3-5-16(13)31-20(21,22)23;22-18-13-15(12-14-4-2-1-3-5-14)20-19-17(18)6-9-21(19)16-7-10-23-11-8-16;19-18(20,21)13-6-2-1-5-11(13)9-14-23-16-12(17(26)24-14)10-22-25(16)15-7-3-4-8-27-15;1-12(24)22-8-6-14(7-9-22)23-17-15(11-19-23)18(25)21-16(20-17)10-13-4-2-3-5-13;1-9(2)7-11-16-13-10(14(19)17-11)8-15-18(13)12-5-3-4-6-20-12/h2-5,11,14H,6-10H2,1H3,(H,25,26,30);6,9,14,16H,1-5,7-8,10-13H2;1-2,5-6,10,15H,3-4,7-9H2,(H,23,24,26);11,13-14H,2-10H2,1H3,(H,20,21,25);8-9,12H,3-7H2,1-2H3,(H,16,17,19). The summed E-state index contributed by atoms with van der Waals surface area (Å²) >= 11 is 0. The van der Waals surface area contributed by atoms with Crippen molar-refractivity contribution in [3.8, 4) is 5.75 Å². The van der Waals surface area contributed by atoms with Gasteiger partial charge in [-0.15, -0.1) is 13.2 Å². The van der Waals surface area contributed by atoms with E-state index >= 15 is 0 Å². The summed E-state index contributed by atoms with van der Waals surface area (Å²) in [6.45, 7) is 12.9. The Balaban J connectivity index is 0.000000122. The fourth-order valence-electron chi connectivity index (χ4n) is 18.3. The number of rotatable bonds is 16. The number of aliphatic imine (C=N–C) groups is 1. The zero-order chi connectivity index (χ0) is 88.3. The van der Waals surface area contributed by atoms with E-state index in [-0.39, 0.29) is 100 Å². The first kappa shape index (κ1) is 89.5. The first-order valence-electron chi connectivity index (χ1n) is 44.2. The van der Waals surface area contributed by atoms with E-state index in [2.05, 4.69) is 84.6 Å². The molecule has 0 radical (unpaired) electrons. The lowest BCUT2D eigenvalue weighted by atomic mass is 9.84. The molecule has 2 aliphatic carbocycles. The van der Waals surface area contributed by atoms with Gasteiger partial charge in [-0.3, -0.25) is 33.6 Å². The summed E-state index contributed by atoms with van der Waals surface area (Å²) in [4.78, 5) is 123. The molecule has 7 fully saturated rings. The molecule has 2 saturated carbocycles. The van der Waals surface area contributed by atoms with Crippen LogP contribution in [0.1, 0.15) is 256 Å². The van der Waals surface area contributed by atoms with Gasteiger partial charge in [-0.1, -0.05) is 108 Å². The minimum atomic E-state index is -4.83. The number of ketones is 1. The van der Waals surface area contributed by atoms with Gasteiger partial charge >= 0.3 is 12.5 Å². The van der Waals surface area contributed by atoms with Crippen molar-refractivity contribution in [3.05, 3.63) is 173 Å². The minimum Gasteiger partial charge on any atom is -0.405 e. The van der Waals surface area contributed by atoms with Gasteiger partial charge in [0, 0.05) is 122 Å². The van der Waals surface area contributed by atoms with Crippen LogP contribution < -0.4 is 27.0 Å². The summed E-state index contributed by atoms with van der Waals surface area (Å²) in [5.74, 6) is 4.64. The average molecular weight is 1750 g/mol. The molecule has 2 unspecified atom stereocenters. The molecule has 2 atom stereocenters. The van der Waals surface area contributed by atoms with Crippen molar-refractivity contribution in [1.82, 2.24) is 93.4 Å². The van der Waals surface area contributed by atoms with E-state index in [1.165, 1.54) is 114 Å². The van der Waals surface area contributed by atoms with E-state index in [1.54, 1.807) is 44.3 Å². The second-order valence-electron chi connectivity index (χ2n) is 34.4. The number of amides is 2. The summed E-state index contributed by atoms with van der Waals surface area (Å²) in [6.07, 6.45) is 23.9. The van der Waals surface area contributed by atoms with Crippen molar-refractivity contribution >= 4 is 73.3 Å². The van der Waals surface area contributed by atoms with Crippen LogP contribution in [0.15, 0.2) is 110 Å². The Bertz CT molecular complexity index is 5910. The number of hydrogen-bond donors (Lipinski definition) is 4. The zero-order valence-corrected chi connectivity index (χ0v) is 71.4. The molecule has 31 nitrogen and oxygen atoms in total. The smallest absolute Gasteiger partial charge is 0.405 e. The van der Waals surface area contributed by atoms with Gasteiger partial charge in [-0.25, -0.2) is 43.7 Å². The third kappa shape index (κ3) is 21.8. The topological polar surface area (TPSA) is 366 Å². The number of Topliss-reactive ketones (excluding diaryl/α,β-unsaturated/α-hetero) is 1. The molecule has 4 N–H and O–H groups in total. The summed E-state index contributed by atoms with van der Waals surface area (Å²) in [6, 6.07) is 13.6. The first-order chi connectivity index (χ1) is 60.7. The molecule has 0 bridgehead atoms. The van der Waals surface area contributed by atoms with Gasteiger partial charge in [-0.05, 0) is 125 Å². The molecule has 5 saturated heterocycles. The number of piperidine rings is 2. The van der Waals surface area contributed by atoms with E-state index in [4.69, 9.17) is 24.2 Å². The highest BCUT2D eigenvalue weighted by atomic mass is 19.4. The summed E-state index contributed by atoms with van der Waals surface area (Å²) in [5, 5.41) is 19.0. The summed E-state index contributed by atoms with van der Waals surface area (Å²) in [7, 11) is 0. The Morgan fingerprint density at radius 2 is 0.921 bits per heavy atom. The first-order valence-corrected chi connectivity index (χ1v) is 44.2. The molecule has 19 rings (SSSR count). The number of aromatic amines is 4. The molecule has 11 aromatic rings. The lowest BCUT2D eigenvalue weighted by Crippen LogP contribution is -2.37. The number of ether oxygens (including phenoxy) is 4. The van der Waals surface area contributed by atoms with E-state index in [0.717, 1.165) is 157 Å². The number of nitrogens with zero attached hydrogens (tertiary/aromatic N) is 16. The van der Waals surface area contributed by atoms with Crippen LogP contribution >= 0.6 is 0 Å². The maximum atomic E-state index is 13.2. The quantitative estimate of drug-likeness (QED) is 0.0653. The molecule has 8 aliphatic rings. The number of nitrogens with one attached hydrogen (secondary N) is 4. The van der Waals surface area contributed by atoms with Gasteiger partial charge in [0.2, 0.25) is 11.8 Å². The number of aromatic nitrogens is 17. The third-order valence-corrected chi connectivity index (χ3v) is 24.9. The van der Waals surface area contributed by atoms with Crippen LogP contribution in [-0.2, 0) is 55.7 Å². The number of benzene rings is 2. The van der Waals surface area contributed by atoms with Crippen LogP contribution in [0, 0.1) is 17.8 Å². The fraction of sp³-hybridized carbons (Fsp3) is 0.551. The number of likely N-dealkylation sites (tertiary alicyclic amines) is 2. The molecule has 126 heavy (non-hydrogen) atoms. The normalized spacial score (nSPS) is 19.1. The van der Waals surface area contributed by atoms with Gasteiger partial charge in [0.25, 0.3) is 22.2 Å². The highest BCUT2D eigenvalue weighted by Crippen LogP contribution is 2.39. The Kier molecular flexibility index (Phi) is 28.5. The molecule has 2 amide bonds. The summed E-state index contributed by atoms with van der Waals surface area (Å²) in [5.41, 5.74) is 2.45. The molecule has 6 aliphatic heterocycles. The number of carbonyl (C=O) groups is 3. The Labute approximate surface area is 720 Å². The van der Waals surface area contributed by atoms with Gasteiger partial charge in [0.15, 0.2) is 40.8 Å². The highest BCUT2D eigenvalue weighted by Gasteiger charge is 2.36. The van der Waals surface area contributed by atoms with Gasteiger partial charge < -0.3 is 53.3 Å². The van der Waals surface area contributed by atoms with E-state index in [9.17, 15) is 59.9 Å². The number of carbonyl (C=O) groups excluding carboxylic acids is 3. The maximum absolute atomic E-state index is 13.2. The monoisotopic (exact) mass is 1750 g/mol. The molecule has 2 aromatic carbocycles. The molecule has 9 aromatic heterocycles. The largest absolute Gasteiger partial charge is 0.573 e. The van der Waals surface area contributed by atoms with Crippen LogP contribution in [0.3, 0.4) is 0 Å². The summed E-state index contributed by atoms with van der Waals surface area (Å²) < 4.78 is 108. The second kappa shape index (κ2) is 40.1. The number of alkyl halides is 6. The third-order valence-electron chi connectivity index (χ3n) is 24.9. The maximum Gasteiger partial charge on any atom is 0.573 e. The Hall–Kier alpha value is -11.3. The molecule has 0 spiro atoms. The van der Waals surface area contributed by atoms with Crippen LogP contribution in [0.2, 0.25) is 0 Å². The van der Waals surface area contributed by atoms with Crippen molar-refractivity contribution in [2.45, 2.75) is 244 Å². The number of hydrogen-bond acceptors (Lipinski definition) is 20. The molecule has 37 heteroatoms. The lowest BCUT2D eigenvalue weighted by Gasteiger charge is -2.31. The number of para-hydroxylation sites is 1. The predicted octanol–water partition coefficient (Wildman–Crippen LogP) is 14.7. The Morgan fingerprint density at radius 1 is 0.484 bits per heavy atom. The number of H-pyrrole nitrogens is 4. The minimum absolute atomic E-state index is 0.0142. The van der Waals surface area contributed by atoms with E-state index in [0.29, 0.717) is 95.6 Å². The number of fused-ring (bicyclic) bond motifs is 5. The average Bonchev–Trinajstić information content (AvgIpc) is 1.63. The second-order valence-corrected chi connectivity index (χ2v) is 34.4. The van der Waals surface area contributed by atoms with E-state index in [1.807, 2.05) is 15.6 Å². The molecular formula is C89H108F6N20O11. The molecular weight excluding hydrogens is 1640 g/mol. The van der Waals surface area contributed by atoms with Gasteiger partial charge in [-0.2, -0.15) is 33.6 Å². The predicted molar refractivity (Wildman–Crippen MR) is 456 cm³/mol. The molecule has 15 heterocycles. The highest BCUT2D eigenvalue weighted by molar-refractivity contribution is 6.15. The van der Waals surface area contributed by atoms with Crippen molar-refractivity contribution in [2.24, 2.45) is 22.7 Å². The Morgan fingerprint density at radius 3 is 1.41 bits per heavy atom.